The van der Waals surface area contributed by atoms with Crippen LogP contribution in [0.3, 0.4) is 0 Å². The second-order valence-electron chi connectivity index (χ2n) is 1.63. The van der Waals surface area contributed by atoms with Gasteiger partial charge in [-0.05, 0) is 28.1 Å². The molecule has 1 aromatic heterocycles. The van der Waals surface area contributed by atoms with Crippen molar-refractivity contribution in [1.82, 2.24) is 5.48 Å². The molecule has 0 aliphatic rings. The molecular formula is C5H5BrClNOS. The lowest BCUT2D eigenvalue weighted by Crippen LogP contribution is -2.08. The van der Waals surface area contributed by atoms with Crippen LogP contribution < -0.4 is 5.48 Å². The molecule has 0 radical (unpaired) electrons. The summed E-state index contributed by atoms with van der Waals surface area (Å²) in [6.07, 6.45) is 0. The highest BCUT2D eigenvalue weighted by Crippen LogP contribution is 2.28. The van der Waals surface area contributed by atoms with Gasteiger partial charge in [-0.1, -0.05) is 11.6 Å². The van der Waals surface area contributed by atoms with E-state index in [1.54, 1.807) is 0 Å². The van der Waals surface area contributed by atoms with Crippen molar-refractivity contribution in [2.24, 2.45) is 0 Å². The lowest BCUT2D eigenvalue weighted by Gasteiger charge is -2.00. The third kappa shape index (κ3) is 1.93. The monoisotopic (exact) mass is 241 g/mol. The normalized spacial score (nSPS) is 13.5. The molecule has 0 amide bonds. The van der Waals surface area contributed by atoms with Gasteiger partial charge in [-0.25, -0.2) is 0 Å². The first-order valence-corrected chi connectivity index (χ1v) is 4.57. The summed E-state index contributed by atoms with van der Waals surface area (Å²) in [4.78, 5) is 0.885. The molecule has 0 fully saturated rings. The van der Waals surface area contributed by atoms with Crippen LogP contribution in [0.5, 0.6) is 0 Å². The second kappa shape index (κ2) is 3.69. The van der Waals surface area contributed by atoms with Gasteiger partial charge in [-0.15, -0.1) is 11.3 Å². The van der Waals surface area contributed by atoms with Crippen molar-refractivity contribution in [3.05, 3.63) is 20.8 Å². The zero-order valence-corrected chi connectivity index (χ0v) is 8.00. The predicted octanol–water partition coefficient (Wildman–Crippen LogP) is 2.73. The first kappa shape index (κ1) is 8.49. The molecule has 0 saturated carbocycles. The van der Waals surface area contributed by atoms with Crippen LogP contribution in [0.1, 0.15) is 10.4 Å². The molecule has 2 N–H and O–H groups in total. The van der Waals surface area contributed by atoms with Crippen LogP contribution in [0, 0.1) is 0 Å². The van der Waals surface area contributed by atoms with Gasteiger partial charge in [0, 0.05) is 4.88 Å². The fourth-order valence-corrected chi connectivity index (χ4v) is 2.08. The van der Waals surface area contributed by atoms with Gasteiger partial charge in [0.1, 0.15) is 5.50 Å². The highest BCUT2D eigenvalue weighted by Gasteiger charge is 2.07. The Labute approximate surface area is 75.9 Å². The number of alkyl halides is 1. The first-order chi connectivity index (χ1) is 4.74. The van der Waals surface area contributed by atoms with Crippen LogP contribution in [0.25, 0.3) is 0 Å². The summed E-state index contributed by atoms with van der Waals surface area (Å²) in [5.41, 5.74) is 1.45. The van der Waals surface area contributed by atoms with Crippen molar-refractivity contribution in [2.75, 3.05) is 0 Å². The fraction of sp³-hybridized carbons (Fsp3) is 0.200. The van der Waals surface area contributed by atoms with Gasteiger partial charge >= 0.3 is 0 Å². The van der Waals surface area contributed by atoms with E-state index >= 15 is 0 Å². The third-order valence-electron chi connectivity index (χ3n) is 0.957. The van der Waals surface area contributed by atoms with Crippen LogP contribution in [-0.2, 0) is 0 Å². The number of nitrogens with one attached hydrogen (secondary N) is 1. The number of hydrogen-bond acceptors (Lipinski definition) is 3. The van der Waals surface area contributed by atoms with Gasteiger partial charge in [0.2, 0.25) is 0 Å². The van der Waals surface area contributed by atoms with Crippen LogP contribution >= 0.6 is 38.9 Å². The van der Waals surface area contributed by atoms with Gasteiger partial charge in [0.15, 0.2) is 0 Å². The molecule has 2 nitrogen and oxygen atoms in total. The van der Waals surface area contributed by atoms with Gasteiger partial charge in [-0.2, -0.15) is 5.48 Å². The maximum Gasteiger partial charge on any atom is 0.140 e. The molecule has 0 bridgehead atoms. The number of hydroxylamine groups is 1. The van der Waals surface area contributed by atoms with Crippen LogP contribution in [0.4, 0.5) is 0 Å². The molecule has 1 rings (SSSR count). The topological polar surface area (TPSA) is 32.3 Å². The van der Waals surface area contributed by atoms with Crippen LogP contribution in [0.2, 0.25) is 0 Å². The highest BCUT2D eigenvalue weighted by atomic mass is 79.9. The van der Waals surface area contributed by atoms with Crippen molar-refractivity contribution >= 4 is 38.9 Å². The summed E-state index contributed by atoms with van der Waals surface area (Å²) < 4.78 is 1.00. The third-order valence-corrected chi connectivity index (χ3v) is 3.11. The summed E-state index contributed by atoms with van der Waals surface area (Å²) >= 11 is 10.4. The van der Waals surface area contributed by atoms with Crippen molar-refractivity contribution in [2.45, 2.75) is 5.50 Å². The first-order valence-electron chi connectivity index (χ1n) is 2.53. The molecule has 0 spiro atoms. The zero-order valence-electron chi connectivity index (χ0n) is 4.84. The summed E-state index contributed by atoms with van der Waals surface area (Å²) in [7, 11) is 0. The molecule has 1 unspecified atom stereocenters. The Balaban J connectivity index is 2.74. The quantitative estimate of drug-likeness (QED) is 0.475. The average molecular weight is 243 g/mol. The largest absolute Gasteiger partial charge is 0.315 e. The Bertz CT molecular complexity index is 217. The van der Waals surface area contributed by atoms with E-state index in [4.69, 9.17) is 16.8 Å². The molecule has 0 aliphatic heterocycles. The Morgan fingerprint density at radius 3 is 2.80 bits per heavy atom. The van der Waals surface area contributed by atoms with E-state index in [1.165, 1.54) is 11.3 Å². The minimum Gasteiger partial charge on any atom is -0.315 e. The van der Waals surface area contributed by atoms with E-state index in [1.807, 2.05) is 17.6 Å². The average Bonchev–Trinajstić information content (AvgIpc) is 2.34. The van der Waals surface area contributed by atoms with Crippen molar-refractivity contribution in [1.29, 1.82) is 0 Å². The Kier molecular flexibility index (Phi) is 3.13. The minimum absolute atomic E-state index is 0.503. The van der Waals surface area contributed by atoms with Crippen molar-refractivity contribution < 1.29 is 5.21 Å². The molecule has 0 saturated heterocycles. The van der Waals surface area contributed by atoms with E-state index in [-0.39, 0.29) is 0 Å². The number of hydrogen-bond donors (Lipinski definition) is 2. The summed E-state index contributed by atoms with van der Waals surface area (Å²) in [5, 5.41) is 8.41. The Morgan fingerprint density at radius 1 is 1.70 bits per heavy atom. The van der Waals surface area contributed by atoms with Crippen molar-refractivity contribution in [3.63, 3.8) is 0 Å². The van der Waals surface area contributed by atoms with Crippen LogP contribution in [0.15, 0.2) is 15.9 Å². The van der Waals surface area contributed by atoms with Gasteiger partial charge in [-0.3, -0.25) is 0 Å². The van der Waals surface area contributed by atoms with Gasteiger partial charge in [0.05, 0.1) is 3.79 Å². The van der Waals surface area contributed by atoms with E-state index < -0.39 is 5.50 Å². The van der Waals surface area contributed by atoms with Crippen molar-refractivity contribution in [3.8, 4) is 0 Å². The summed E-state index contributed by atoms with van der Waals surface area (Å²) in [6.45, 7) is 0. The number of rotatable bonds is 2. The van der Waals surface area contributed by atoms with E-state index in [0.29, 0.717) is 0 Å². The Hall–Kier alpha value is 0.390. The molecule has 56 valence electrons. The van der Waals surface area contributed by atoms with E-state index in [2.05, 4.69) is 15.9 Å². The molecule has 1 aromatic rings. The lowest BCUT2D eigenvalue weighted by atomic mass is 10.5. The molecule has 5 heteroatoms. The Morgan fingerprint density at radius 2 is 2.40 bits per heavy atom. The molecule has 1 heterocycles. The zero-order chi connectivity index (χ0) is 7.56. The molecular weight excluding hydrogens is 237 g/mol. The molecule has 0 aliphatic carbocycles. The molecule has 0 aromatic carbocycles. The van der Waals surface area contributed by atoms with Gasteiger partial charge < -0.3 is 5.21 Å². The standard InChI is InChI=1S/C5H5BrClNOS/c6-4-2-1-3(10-4)5(7)8-9/h1-2,5,8-9H. The smallest absolute Gasteiger partial charge is 0.140 e. The van der Waals surface area contributed by atoms with Gasteiger partial charge in [0.25, 0.3) is 0 Å². The number of halogens is 2. The highest BCUT2D eigenvalue weighted by molar-refractivity contribution is 9.11. The minimum atomic E-state index is -0.503. The molecule has 1 atom stereocenters. The predicted molar refractivity (Wildman–Crippen MR) is 45.5 cm³/mol. The SMILES string of the molecule is ONC(Cl)c1ccc(Br)s1. The number of thiophene rings is 1. The maximum absolute atomic E-state index is 8.41. The van der Waals surface area contributed by atoms with Crippen LogP contribution in [-0.4, -0.2) is 5.21 Å². The lowest BCUT2D eigenvalue weighted by molar-refractivity contribution is 0.156. The van der Waals surface area contributed by atoms with E-state index in [0.717, 1.165) is 8.66 Å². The fourth-order valence-electron chi connectivity index (χ4n) is 0.528. The second-order valence-corrected chi connectivity index (χ2v) is 4.56. The molecule has 10 heavy (non-hydrogen) atoms. The summed E-state index contributed by atoms with van der Waals surface area (Å²) in [5.74, 6) is 0. The maximum atomic E-state index is 8.41. The van der Waals surface area contributed by atoms with E-state index in [9.17, 15) is 0 Å². The summed E-state index contributed by atoms with van der Waals surface area (Å²) in [6, 6.07) is 3.72.